The summed E-state index contributed by atoms with van der Waals surface area (Å²) >= 11 is 0. The van der Waals surface area contributed by atoms with Crippen LogP contribution in [0.3, 0.4) is 0 Å². The molecule has 0 saturated heterocycles. The fourth-order valence-electron chi connectivity index (χ4n) is 4.07. The zero-order valence-corrected chi connectivity index (χ0v) is 13.2. The van der Waals surface area contributed by atoms with E-state index in [2.05, 4.69) is 10.4 Å². The molecule has 0 aromatic rings. The van der Waals surface area contributed by atoms with Crippen LogP contribution in [0, 0.1) is 11.3 Å². The summed E-state index contributed by atoms with van der Waals surface area (Å²) in [6, 6.07) is 0. The molecule has 3 rings (SSSR count). The van der Waals surface area contributed by atoms with Gasteiger partial charge in [0.25, 0.3) is 5.91 Å². The molecular weight excluding hydrogens is 282 g/mol. The van der Waals surface area contributed by atoms with Crippen molar-refractivity contribution in [2.75, 3.05) is 13.6 Å². The van der Waals surface area contributed by atoms with Gasteiger partial charge in [-0.3, -0.25) is 9.59 Å². The lowest BCUT2D eigenvalue weighted by Gasteiger charge is -2.51. The topological polar surface area (TPSA) is 82.0 Å². The molecule has 3 aliphatic rings. The highest BCUT2D eigenvalue weighted by Crippen LogP contribution is 2.53. The molecule has 2 N–H and O–H groups in total. The van der Waals surface area contributed by atoms with Crippen LogP contribution in [0.5, 0.6) is 0 Å². The number of hydrogen-bond acceptors (Lipinski definition) is 4. The minimum absolute atomic E-state index is 0.0637. The van der Waals surface area contributed by atoms with Crippen LogP contribution < -0.4 is 5.32 Å². The monoisotopic (exact) mass is 307 g/mol. The van der Waals surface area contributed by atoms with Crippen molar-refractivity contribution in [3.8, 4) is 0 Å². The van der Waals surface area contributed by atoms with Gasteiger partial charge in [0.15, 0.2) is 0 Å². The molecule has 6 nitrogen and oxygen atoms in total. The molecule has 0 aromatic carbocycles. The summed E-state index contributed by atoms with van der Waals surface area (Å²) in [6.45, 7) is 0.498. The summed E-state index contributed by atoms with van der Waals surface area (Å²) in [5, 5.41) is 18.8. The molecule has 2 unspecified atom stereocenters. The largest absolute Gasteiger partial charge is 0.392 e. The Hall–Kier alpha value is -1.43. The predicted molar refractivity (Wildman–Crippen MR) is 82.1 cm³/mol. The van der Waals surface area contributed by atoms with E-state index in [1.165, 1.54) is 11.4 Å². The molecule has 1 aliphatic heterocycles. The molecule has 1 spiro atoms. The Morgan fingerprint density at radius 1 is 1.36 bits per heavy atom. The summed E-state index contributed by atoms with van der Waals surface area (Å²) in [7, 11) is 1.57. The van der Waals surface area contributed by atoms with E-state index in [1.54, 1.807) is 7.05 Å². The van der Waals surface area contributed by atoms with E-state index in [0.29, 0.717) is 25.1 Å². The second kappa shape index (κ2) is 5.99. The maximum atomic E-state index is 12.2. The molecule has 0 aromatic heterocycles. The Morgan fingerprint density at radius 2 is 2.09 bits per heavy atom. The van der Waals surface area contributed by atoms with E-state index < -0.39 is 0 Å². The Kier molecular flexibility index (Phi) is 4.21. The van der Waals surface area contributed by atoms with Crippen molar-refractivity contribution >= 4 is 17.5 Å². The number of carbonyl (C=O) groups is 2. The van der Waals surface area contributed by atoms with E-state index in [9.17, 15) is 14.7 Å². The lowest BCUT2D eigenvalue weighted by atomic mass is 9.56. The number of rotatable bonds is 3. The second-order valence-electron chi connectivity index (χ2n) is 6.99. The number of hydrogen-bond donors (Lipinski definition) is 2. The molecule has 2 saturated carbocycles. The van der Waals surface area contributed by atoms with Crippen LogP contribution >= 0.6 is 0 Å². The first-order chi connectivity index (χ1) is 10.5. The normalized spacial score (nSPS) is 30.7. The summed E-state index contributed by atoms with van der Waals surface area (Å²) in [6.07, 6.45) is 7.11. The van der Waals surface area contributed by atoms with Gasteiger partial charge < -0.3 is 10.4 Å². The number of hydrazone groups is 1. The number of nitrogens with zero attached hydrogens (tertiary/aromatic N) is 2. The van der Waals surface area contributed by atoms with Gasteiger partial charge in [-0.05, 0) is 31.1 Å². The van der Waals surface area contributed by atoms with E-state index in [1.807, 2.05) is 0 Å². The number of nitrogens with one attached hydrogen (secondary N) is 1. The molecule has 0 bridgehead atoms. The maximum absolute atomic E-state index is 12.2. The average molecular weight is 307 g/mol. The lowest BCUT2D eigenvalue weighted by molar-refractivity contribution is -0.130. The van der Waals surface area contributed by atoms with Crippen LogP contribution in [0.1, 0.15) is 51.4 Å². The number of carbonyl (C=O) groups excluding carboxylic acids is 2. The summed E-state index contributed by atoms with van der Waals surface area (Å²) in [5.41, 5.74) is 0.536. The molecule has 122 valence electrons. The maximum Gasteiger partial charge on any atom is 0.267 e. The highest BCUT2D eigenvalue weighted by Gasteiger charge is 2.48. The fourth-order valence-corrected chi connectivity index (χ4v) is 4.07. The van der Waals surface area contributed by atoms with Gasteiger partial charge in [0.2, 0.25) is 5.91 Å². The number of aliphatic hydroxyl groups excluding tert-OH is 1. The van der Waals surface area contributed by atoms with E-state index >= 15 is 0 Å². The molecule has 6 heteroatoms. The van der Waals surface area contributed by atoms with E-state index in [4.69, 9.17) is 0 Å². The zero-order valence-electron chi connectivity index (χ0n) is 13.2. The van der Waals surface area contributed by atoms with Gasteiger partial charge in [-0.15, -0.1) is 0 Å². The van der Waals surface area contributed by atoms with Gasteiger partial charge in [-0.1, -0.05) is 12.8 Å². The summed E-state index contributed by atoms with van der Waals surface area (Å²) in [5.74, 6) is -0.132. The standard InChI is InChI=1S/C16H25N3O3/c1-19-13(20)6-5-12(18-19)15(22)17-10-11-4-2-7-16(14(11)21)8-3-9-16/h11,14,21H,2-10H2,1H3,(H,17,22). The van der Waals surface area contributed by atoms with Crippen molar-refractivity contribution in [3.05, 3.63) is 0 Å². The van der Waals surface area contributed by atoms with Crippen molar-refractivity contribution in [2.24, 2.45) is 16.4 Å². The van der Waals surface area contributed by atoms with Crippen LogP contribution in [0.15, 0.2) is 5.10 Å². The third-order valence-electron chi connectivity index (χ3n) is 5.67. The molecule has 0 radical (unpaired) electrons. The van der Waals surface area contributed by atoms with Gasteiger partial charge in [-0.2, -0.15) is 5.10 Å². The third-order valence-corrected chi connectivity index (χ3v) is 5.67. The molecule has 2 fully saturated rings. The molecule has 2 aliphatic carbocycles. The summed E-state index contributed by atoms with van der Waals surface area (Å²) < 4.78 is 0. The van der Waals surface area contributed by atoms with Crippen LogP contribution in [0.2, 0.25) is 0 Å². The van der Waals surface area contributed by atoms with Gasteiger partial charge in [0.1, 0.15) is 5.71 Å². The quantitative estimate of drug-likeness (QED) is 0.817. The first-order valence-electron chi connectivity index (χ1n) is 8.32. The summed E-state index contributed by atoms with van der Waals surface area (Å²) in [4.78, 5) is 23.6. The van der Waals surface area contributed by atoms with Gasteiger partial charge >= 0.3 is 0 Å². The van der Waals surface area contributed by atoms with Crippen molar-refractivity contribution in [2.45, 2.75) is 57.5 Å². The molecule has 22 heavy (non-hydrogen) atoms. The Morgan fingerprint density at radius 3 is 2.73 bits per heavy atom. The Bertz CT molecular complexity index is 499. The SMILES string of the molecule is CN1N=C(C(=O)NCC2CCCC3(CCC3)C2O)CCC1=O. The number of amides is 2. The van der Waals surface area contributed by atoms with Crippen molar-refractivity contribution in [3.63, 3.8) is 0 Å². The molecule has 2 amide bonds. The first kappa shape index (κ1) is 15.5. The van der Waals surface area contributed by atoms with Crippen LogP contribution in [-0.2, 0) is 9.59 Å². The minimum Gasteiger partial charge on any atom is -0.392 e. The van der Waals surface area contributed by atoms with Crippen LogP contribution in [0.25, 0.3) is 0 Å². The first-order valence-corrected chi connectivity index (χ1v) is 8.32. The van der Waals surface area contributed by atoms with E-state index in [0.717, 1.165) is 32.1 Å². The van der Waals surface area contributed by atoms with Gasteiger partial charge in [0, 0.05) is 32.4 Å². The van der Waals surface area contributed by atoms with E-state index in [-0.39, 0.29) is 29.3 Å². The minimum atomic E-state index is -0.298. The lowest BCUT2D eigenvalue weighted by Crippen LogP contribution is -2.51. The highest BCUT2D eigenvalue weighted by atomic mass is 16.3. The van der Waals surface area contributed by atoms with Gasteiger partial charge in [-0.25, -0.2) is 5.01 Å². The van der Waals surface area contributed by atoms with Crippen molar-refractivity contribution < 1.29 is 14.7 Å². The fraction of sp³-hybridized carbons (Fsp3) is 0.812. The predicted octanol–water partition coefficient (Wildman–Crippen LogP) is 1.04. The number of aliphatic hydroxyl groups is 1. The Labute approximate surface area is 130 Å². The highest BCUT2D eigenvalue weighted by molar-refractivity contribution is 6.39. The second-order valence-corrected chi connectivity index (χ2v) is 6.99. The average Bonchev–Trinajstić information content (AvgIpc) is 2.47. The van der Waals surface area contributed by atoms with Crippen LogP contribution in [0.4, 0.5) is 0 Å². The van der Waals surface area contributed by atoms with Gasteiger partial charge in [0.05, 0.1) is 6.10 Å². The van der Waals surface area contributed by atoms with Crippen molar-refractivity contribution in [1.29, 1.82) is 0 Å². The third kappa shape index (κ3) is 2.76. The zero-order chi connectivity index (χ0) is 15.7. The molecule has 2 atom stereocenters. The molecular formula is C16H25N3O3. The van der Waals surface area contributed by atoms with Crippen molar-refractivity contribution in [1.82, 2.24) is 10.3 Å². The smallest absolute Gasteiger partial charge is 0.267 e. The van der Waals surface area contributed by atoms with Crippen LogP contribution in [-0.4, -0.2) is 47.3 Å². The Balaban J connectivity index is 1.55. The molecule has 1 heterocycles.